The van der Waals surface area contributed by atoms with Gasteiger partial charge in [-0.15, -0.1) is 0 Å². The van der Waals surface area contributed by atoms with E-state index in [9.17, 15) is 4.79 Å². The molecule has 0 radical (unpaired) electrons. The van der Waals surface area contributed by atoms with Gasteiger partial charge in [-0.2, -0.15) is 5.10 Å². The number of fused-ring (bicyclic) bond motifs is 1. The molecule has 7 heteroatoms. The smallest absolute Gasteiger partial charge is 0.319 e. The molecule has 4 rings (SSSR count). The Hall–Kier alpha value is -3.61. The van der Waals surface area contributed by atoms with Crippen LogP contribution in [0, 0.1) is 0 Å². The SMILES string of the molecule is CC(C)NC(=O)Nc1ccc(-c2[nH]ncc2-c2nc3ccccc3o2)cc1. The molecule has 3 N–H and O–H groups in total. The van der Waals surface area contributed by atoms with Gasteiger partial charge in [0.1, 0.15) is 5.52 Å². The fourth-order valence-electron chi connectivity index (χ4n) is 2.81. The summed E-state index contributed by atoms with van der Waals surface area (Å²) in [5.41, 5.74) is 4.74. The summed E-state index contributed by atoms with van der Waals surface area (Å²) in [7, 11) is 0. The summed E-state index contributed by atoms with van der Waals surface area (Å²) >= 11 is 0. The molecule has 7 nitrogen and oxygen atoms in total. The number of rotatable bonds is 4. The lowest BCUT2D eigenvalue weighted by Gasteiger charge is -2.10. The van der Waals surface area contributed by atoms with Crippen molar-refractivity contribution in [2.75, 3.05) is 5.32 Å². The molecule has 0 spiro atoms. The zero-order valence-electron chi connectivity index (χ0n) is 15.0. The number of anilines is 1. The number of hydrogen-bond donors (Lipinski definition) is 3. The summed E-state index contributed by atoms with van der Waals surface area (Å²) in [6.07, 6.45) is 1.70. The maximum Gasteiger partial charge on any atom is 0.319 e. The molecule has 2 aromatic carbocycles. The molecule has 0 fully saturated rings. The molecule has 0 atom stereocenters. The molecule has 0 aliphatic rings. The quantitative estimate of drug-likeness (QED) is 0.501. The van der Waals surface area contributed by atoms with Gasteiger partial charge >= 0.3 is 6.03 Å². The average molecular weight is 361 g/mol. The van der Waals surface area contributed by atoms with Crippen molar-refractivity contribution in [1.82, 2.24) is 20.5 Å². The minimum absolute atomic E-state index is 0.0770. The van der Waals surface area contributed by atoms with Gasteiger partial charge in [0.2, 0.25) is 5.89 Å². The van der Waals surface area contributed by atoms with E-state index in [4.69, 9.17) is 4.42 Å². The van der Waals surface area contributed by atoms with E-state index < -0.39 is 0 Å². The minimum Gasteiger partial charge on any atom is -0.436 e. The van der Waals surface area contributed by atoms with Gasteiger partial charge in [-0.3, -0.25) is 5.10 Å². The van der Waals surface area contributed by atoms with Crippen molar-refractivity contribution in [3.63, 3.8) is 0 Å². The van der Waals surface area contributed by atoms with Crippen LogP contribution in [0.1, 0.15) is 13.8 Å². The second-order valence-electron chi connectivity index (χ2n) is 6.48. The van der Waals surface area contributed by atoms with Crippen LogP contribution in [0.4, 0.5) is 10.5 Å². The Balaban J connectivity index is 1.60. The number of carbonyl (C=O) groups excluding carboxylic acids is 1. The summed E-state index contributed by atoms with van der Waals surface area (Å²) in [4.78, 5) is 16.3. The highest BCUT2D eigenvalue weighted by atomic mass is 16.3. The average Bonchev–Trinajstić information content (AvgIpc) is 3.28. The number of para-hydroxylation sites is 2. The first-order chi connectivity index (χ1) is 13.1. The van der Waals surface area contributed by atoms with Crippen molar-refractivity contribution in [2.45, 2.75) is 19.9 Å². The predicted molar refractivity (Wildman–Crippen MR) is 104 cm³/mol. The predicted octanol–water partition coefficient (Wildman–Crippen LogP) is 4.41. The van der Waals surface area contributed by atoms with Gasteiger partial charge in [-0.25, -0.2) is 9.78 Å². The van der Waals surface area contributed by atoms with Gasteiger partial charge in [0, 0.05) is 17.3 Å². The number of H-pyrrole nitrogens is 1. The molecular weight excluding hydrogens is 342 g/mol. The molecule has 0 saturated carbocycles. The Kier molecular flexibility index (Phi) is 4.33. The fraction of sp³-hybridized carbons (Fsp3) is 0.150. The van der Waals surface area contributed by atoms with Crippen molar-refractivity contribution in [1.29, 1.82) is 0 Å². The molecule has 4 aromatic rings. The van der Waals surface area contributed by atoms with Gasteiger partial charge in [0.25, 0.3) is 0 Å². The molecule has 0 saturated heterocycles. The van der Waals surface area contributed by atoms with E-state index in [2.05, 4.69) is 25.8 Å². The van der Waals surface area contributed by atoms with Crippen LogP contribution in [0.25, 0.3) is 33.8 Å². The number of nitrogens with zero attached hydrogens (tertiary/aromatic N) is 2. The van der Waals surface area contributed by atoms with Crippen LogP contribution in [-0.2, 0) is 0 Å². The standard InChI is InChI=1S/C20H19N5O2/c1-12(2)22-20(26)23-14-9-7-13(8-10-14)18-15(11-21-25-18)19-24-16-5-3-4-6-17(16)27-19/h3-12H,1-2H3,(H,21,25)(H2,22,23,26). The van der Waals surface area contributed by atoms with Crippen molar-refractivity contribution in [2.24, 2.45) is 0 Å². The number of benzene rings is 2. The number of oxazole rings is 1. The molecule has 2 heterocycles. The highest BCUT2D eigenvalue weighted by molar-refractivity contribution is 5.90. The fourth-order valence-corrected chi connectivity index (χ4v) is 2.81. The number of carbonyl (C=O) groups is 1. The Morgan fingerprint density at radius 2 is 1.89 bits per heavy atom. The second kappa shape index (κ2) is 6.95. The van der Waals surface area contributed by atoms with E-state index in [0.29, 0.717) is 11.6 Å². The number of hydrogen-bond acceptors (Lipinski definition) is 4. The molecule has 0 unspecified atom stereocenters. The molecule has 136 valence electrons. The molecule has 2 aromatic heterocycles. The van der Waals surface area contributed by atoms with Crippen molar-refractivity contribution in [3.05, 3.63) is 54.7 Å². The zero-order chi connectivity index (χ0) is 18.8. The van der Waals surface area contributed by atoms with Crippen molar-refractivity contribution in [3.8, 4) is 22.7 Å². The van der Waals surface area contributed by atoms with E-state index in [-0.39, 0.29) is 12.1 Å². The normalized spacial score (nSPS) is 11.1. The van der Waals surface area contributed by atoms with Crippen LogP contribution in [0.2, 0.25) is 0 Å². The van der Waals surface area contributed by atoms with Crippen LogP contribution >= 0.6 is 0 Å². The molecule has 0 aliphatic carbocycles. The molecule has 27 heavy (non-hydrogen) atoms. The van der Waals surface area contributed by atoms with E-state index in [1.165, 1.54) is 0 Å². The third kappa shape index (κ3) is 3.52. The van der Waals surface area contributed by atoms with E-state index in [1.807, 2.05) is 62.4 Å². The van der Waals surface area contributed by atoms with E-state index >= 15 is 0 Å². The van der Waals surface area contributed by atoms with Gasteiger partial charge in [-0.05, 0) is 38.1 Å². The summed E-state index contributed by atoms with van der Waals surface area (Å²) < 4.78 is 5.85. The van der Waals surface area contributed by atoms with Gasteiger partial charge < -0.3 is 15.1 Å². The summed E-state index contributed by atoms with van der Waals surface area (Å²) in [5, 5.41) is 12.7. The summed E-state index contributed by atoms with van der Waals surface area (Å²) in [5.74, 6) is 0.512. The van der Waals surface area contributed by atoms with E-state index in [1.54, 1.807) is 6.20 Å². The Bertz CT molecular complexity index is 1050. The first-order valence-electron chi connectivity index (χ1n) is 8.67. The monoisotopic (exact) mass is 361 g/mol. The minimum atomic E-state index is -0.230. The summed E-state index contributed by atoms with van der Waals surface area (Å²) in [6.45, 7) is 3.82. The van der Waals surface area contributed by atoms with Crippen LogP contribution in [-0.4, -0.2) is 27.3 Å². The molecule has 2 amide bonds. The highest BCUT2D eigenvalue weighted by Crippen LogP contribution is 2.32. The lowest BCUT2D eigenvalue weighted by Crippen LogP contribution is -2.34. The maximum atomic E-state index is 11.8. The van der Waals surface area contributed by atoms with Crippen LogP contribution in [0.3, 0.4) is 0 Å². The van der Waals surface area contributed by atoms with E-state index in [0.717, 1.165) is 27.9 Å². The Morgan fingerprint density at radius 3 is 2.63 bits per heavy atom. The number of urea groups is 1. The van der Waals surface area contributed by atoms with Crippen LogP contribution < -0.4 is 10.6 Å². The lowest BCUT2D eigenvalue weighted by molar-refractivity contribution is 0.250. The third-order valence-electron chi connectivity index (χ3n) is 4.01. The maximum absolute atomic E-state index is 11.8. The Labute approximate surface area is 155 Å². The summed E-state index contributed by atoms with van der Waals surface area (Å²) in [6, 6.07) is 15.0. The number of aromatic amines is 1. The first-order valence-corrected chi connectivity index (χ1v) is 8.67. The van der Waals surface area contributed by atoms with Crippen LogP contribution in [0.5, 0.6) is 0 Å². The van der Waals surface area contributed by atoms with Gasteiger partial charge in [-0.1, -0.05) is 24.3 Å². The molecule has 0 aliphatic heterocycles. The van der Waals surface area contributed by atoms with Crippen LogP contribution in [0.15, 0.2) is 59.1 Å². The zero-order valence-corrected chi connectivity index (χ0v) is 15.0. The number of nitrogens with one attached hydrogen (secondary N) is 3. The Morgan fingerprint density at radius 1 is 1.11 bits per heavy atom. The topological polar surface area (TPSA) is 95.8 Å². The largest absolute Gasteiger partial charge is 0.436 e. The van der Waals surface area contributed by atoms with Gasteiger partial charge in [0.15, 0.2) is 5.58 Å². The van der Waals surface area contributed by atoms with Crippen molar-refractivity contribution >= 4 is 22.8 Å². The molecular formula is C20H19N5O2. The molecule has 0 bridgehead atoms. The first kappa shape index (κ1) is 16.8. The number of amides is 2. The van der Waals surface area contributed by atoms with Gasteiger partial charge in [0.05, 0.1) is 17.5 Å². The number of aromatic nitrogens is 3. The lowest BCUT2D eigenvalue weighted by atomic mass is 10.1. The third-order valence-corrected chi connectivity index (χ3v) is 4.01. The second-order valence-corrected chi connectivity index (χ2v) is 6.48. The highest BCUT2D eigenvalue weighted by Gasteiger charge is 2.16. The van der Waals surface area contributed by atoms with Crippen molar-refractivity contribution < 1.29 is 9.21 Å².